The monoisotopic (exact) mass is 812 g/mol. The molecule has 7 rings (SSSR count). The number of ether oxygens (including phenoxy) is 1. The Morgan fingerprint density at radius 2 is 1.75 bits per heavy atom. The Morgan fingerprint density at radius 1 is 0.947 bits per heavy atom. The smallest absolute Gasteiger partial charge is 0.255 e. The molecule has 300 valence electrons. The van der Waals surface area contributed by atoms with E-state index in [1.54, 1.807) is 25.3 Å². The van der Waals surface area contributed by atoms with Gasteiger partial charge < -0.3 is 35.1 Å². The van der Waals surface area contributed by atoms with Gasteiger partial charge in [-0.05, 0) is 99.9 Å². The number of methoxy groups -OCH3 is 1. The second-order valence-electron chi connectivity index (χ2n) is 15.3. The fraction of sp³-hybridized carbons (Fsp3) is 0.405. The minimum atomic E-state index is -2.54. The molecule has 0 spiro atoms. The van der Waals surface area contributed by atoms with Crippen LogP contribution < -0.4 is 36.2 Å². The molecule has 3 amide bonds. The number of anilines is 5. The molecule has 1 aromatic heterocycles. The van der Waals surface area contributed by atoms with Crippen LogP contribution in [0.2, 0.25) is 5.02 Å². The number of benzene rings is 3. The molecule has 0 aliphatic carbocycles. The molecule has 3 aliphatic rings. The number of nitrogens with zero attached hydrogens (tertiary/aromatic N) is 4. The largest absolute Gasteiger partial charge is 0.494 e. The van der Waals surface area contributed by atoms with Gasteiger partial charge in [0.1, 0.15) is 24.0 Å². The average molecular weight is 813 g/mol. The second-order valence-corrected chi connectivity index (χ2v) is 18.9. The third kappa shape index (κ3) is 9.60. The maximum Gasteiger partial charge on any atom is 0.255 e. The topological polar surface area (TPSA) is 158 Å². The van der Waals surface area contributed by atoms with Gasteiger partial charge in [-0.3, -0.25) is 19.7 Å². The van der Waals surface area contributed by atoms with Crippen LogP contribution in [0.1, 0.15) is 66.4 Å². The quantitative estimate of drug-likeness (QED) is 0.0582. The third-order valence-corrected chi connectivity index (χ3v) is 12.8. The highest BCUT2D eigenvalue weighted by Gasteiger charge is 2.39. The molecule has 3 aliphatic heterocycles. The van der Waals surface area contributed by atoms with E-state index in [9.17, 15) is 18.9 Å². The van der Waals surface area contributed by atoms with E-state index in [2.05, 4.69) is 48.3 Å². The summed E-state index contributed by atoms with van der Waals surface area (Å²) in [7, 11) is -0.895. The Bertz CT molecular complexity index is 2190. The first-order chi connectivity index (χ1) is 27.5. The third-order valence-electron chi connectivity index (χ3n) is 10.9. The first-order valence-electron chi connectivity index (χ1n) is 19.6. The van der Waals surface area contributed by atoms with Crippen LogP contribution in [-0.4, -0.2) is 84.7 Å². The van der Waals surface area contributed by atoms with Gasteiger partial charge in [-0.15, -0.1) is 0 Å². The molecule has 2 saturated heterocycles. The number of aryl methyl sites for hydroxylation is 1. The van der Waals surface area contributed by atoms with Gasteiger partial charge in [0, 0.05) is 54.7 Å². The first kappa shape index (κ1) is 40.2. The number of hydrogen-bond acceptors (Lipinski definition) is 11. The molecule has 57 heavy (non-hydrogen) atoms. The molecule has 4 N–H and O–H groups in total. The van der Waals surface area contributed by atoms with Crippen LogP contribution in [0.3, 0.4) is 0 Å². The lowest BCUT2D eigenvalue weighted by atomic mass is 10.0. The summed E-state index contributed by atoms with van der Waals surface area (Å²) in [4.78, 5) is 49.9. The summed E-state index contributed by atoms with van der Waals surface area (Å²) < 4.78 is 18.7. The highest BCUT2D eigenvalue weighted by molar-refractivity contribution is 7.70. The number of para-hydroxylation sites is 1. The summed E-state index contributed by atoms with van der Waals surface area (Å²) in [5.41, 5.74) is 5.33. The number of rotatable bonds is 15. The van der Waals surface area contributed by atoms with Crippen LogP contribution in [0.4, 0.5) is 28.8 Å². The molecule has 13 nitrogen and oxygen atoms in total. The van der Waals surface area contributed by atoms with E-state index in [0.717, 1.165) is 80.4 Å². The van der Waals surface area contributed by atoms with E-state index in [1.807, 2.05) is 48.5 Å². The summed E-state index contributed by atoms with van der Waals surface area (Å²) in [5, 5.41) is 13.7. The fourth-order valence-electron chi connectivity index (χ4n) is 7.85. The number of fused-ring (bicyclic) bond motifs is 1. The van der Waals surface area contributed by atoms with Crippen LogP contribution >= 0.6 is 18.7 Å². The number of carbonyl (C=O) groups excluding carboxylic acids is 3. The number of amides is 3. The number of aromatic nitrogens is 2. The molecular formula is C42H50ClN8O5P. The van der Waals surface area contributed by atoms with Crippen molar-refractivity contribution in [2.45, 2.75) is 70.0 Å². The Kier molecular flexibility index (Phi) is 12.5. The molecule has 2 fully saturated rings. The first-order valence-corrected chi connectivity index (χ1v) is 22.6. The summed E-state index contributed by atoms with van der Waals surface area (Å²) >= 11 is 6.46. The molecule has 0 bridgehead atoms. The van der Waals surface area contributed by atoms with Crippen LogP contribution in [0.25, 0.3) is 0 Å². The Morgan fingerprint density at radius 3 is 2.53 bits per heavy atom. The van der Waals surface area contributed by atoms with E-state index < -0.39 is 13.2 Å². The van der Waals surface area contributed by atoms with E-state index in [-0.39, 0.29) is 24.1 Å². The van der Waals surface area contributed by atoms with Crippen molar-refractivity contribution < 1.29 is 23.7 Å². The fourth-order valence-corrected chi connectivity index (χ4v) is 9.15. The number of imide groups is 1. The van der Waals surface area contributed by atoms with Gasteiger partial charge >= 0.3 is 0 Å². The predicted octanol–water partition coefficient (Wildman–Crippen LogP) is 6.61. The number of nitrogens with one attached hydrogen (secondary N) is 4. The minimum Gasteiger partial charge on any atom is -0.494 e. The van der Waals surface area contributed by atoms with E-state index in [0.29, 0.717) is 52.8 Å². The number of unbranched alkanes of at least 4 members (excludes halogenated alkanes) is 2. The Hall–Kier alpha value is -4.97. The standard InChI is InChI=1S/C42H50ClN8O5P/c1-56-36-24-30(13-15-33(36)47-42-45-25-32(43)39(49-42)46-34-10-6-7-11-37(34)57(2,3)55)50-21-18-29(19-22-50)44-20-8-4-5-9-27-12-14-31-28(23-27)26-51(41(31)54)35-16-17-38(52)48-40(35)53/h6-7,10-15,23-25,29,35,44H,4-5,8-9,16-22,26H2,1-3H3,(H,48,52,53)(H2,45,46,47,49). The molecule has 0 saturated carbocycles. The van der Waals surface area contributed by atoms with Gasteiger partial charge in [0.2, 0.25) is 17.8 Å². The van der Waals surface area contributed by atoms with Crippen molar-refractivity contribution in [3.63, 3.8) is 0 Å². The molecule has 15 heteroatoms. The van der Waals surface area contributed by atoms with E-state index >= 15 is 0 Å². The Balaban J connectivity index is 0.841. The second kappa shape index (κ2) is 17.7. The molecule has 0 radical (unpaired) electrons. The minimum absolute atomic E-state index is 0.131. The summed E-state index contributed by atoms with van der Waals surface area (Å²) in [5.74, 6) is 0.629. The zero-order valence-corrected chi connectivity index (χ0v) is 34.3. The SMILES string of the molecule is COc1cc(N2CCC(NCCCCCc3ccc4c(c3)CN(C3CCC(=O)NC3=O)C4=O)CC2)ccc1Nc1ncc(Cl)c(Nc2ccccc2P(C)(C)=O)n1. The van der Waals surface area contributed by atoms with Crippen molar-refractivity contribution in [2.75, 3.05) is 55.6 Å². The van der Waals surface area contributed by atoms with Gasteiger partial charge in [0.25, 0.3) is 5.91 Å². The zero-order valence-electron chi connectivity index (χ0n) is 32.6. The van der Waals surface area contributed by atoms with Crippen molar-refractivity contribution in [1.82, 2.24) is 25.5 Å². The lowest BCUT2D eigenvalue weighted by molar-refractivity contribution is -0.136. The molecule has 4 heterocycles. The number of carbonyl (C=O) groups is 3. The van der Waals surface area contributed by atoms with Gasteiger partial charge in [-0.1, -0.05) is 42.3 Å². The summed E-state index contributed by atoms with van der Waals surface area (Å²) in [6.45, 7) is 6.73. The normalized spacial score (nSPS) is 17.4. The highest BCUT2D eigenvalue weighted by Crippen LogP contribution is 2.39. The molecule has 3 aromatic carbocycles. The summed E-state index contributed by atoms with van der Waals surface area (Å²) in [6.07, 6.45) is 8.47. The Labute approximate surface area is 338 Å². The van der Waals surface area contributed by atoms with Crippen molar-refractivity contribution in [3.8, 4) is 5.75 Å². The van der Waals surface area contributed by atoms with Crippen LogP contribution in [0.5, 0.6) is 5.75 Å². The van der Waals surface area contributed by atoms with Gasteiger partial charge in [0.15, 0.2) is 5.82 Å². The highest BCUT2D eigenvalue weighted by atomic mass is 35.5. The number of halogens is 1. The van der Waals surface area contributed by atoms with E-state index in [4.69, 9.17) is 16.3 Å². The van der Waals surface area contributed by atoms with Crippen molar-refractivity contribution in [1.29, 1.82) is 0 Å². The lowest BCUT2D eigenvalue weighted by Gasteiger charge is -2.34. The predicted molar refractivity (Wildman–Crippen MR) is 225 cm³/mol. The zero-order chi connectivity index (χ0) is 40.1. The maximum atomic E-state index is 13.0. The molecule has 1 atom stereocenters. The molecular weight excluding hydrogens is 763 g/mol. The maximum absolute atomic E-state index is 13.0. The van der Waals surface area contributed by atoms with Crippen LogP contribution in [0.15, 0.2) is 66.9 Å². The van der Waals surface area contributed by atoms with Gasteiger partial charge in [0.05, 0.1) is 24.7 Å². The van der Waals surface area contributed by atoms with Crippen molar-refractivity contribution in [2.24, 2.45) is 0 Å². The van der Waals surface area contributed by atoms with Crippen molar-refractivity contribution in [3.05, 3.63) is 88.6 Å². The van der Waals surface area contributed by atoms with Gasteiger partial charge in [-0.2, -0.15) is 4.98 Å². The summed E-state index contributed by atoms with van der Waals surface area (Å²) in [6, 6.07) is 19.4. The van der Waals surface area contributed by atoms with E-state index in [1.165, 1.54) is 11.8 Å². The van der Waals surface area contributed by atoms with Crippen LogP contribution in [0, 0.1) is 0 Å². The number of hydrogen-bond donors (Lipinski definition) is 4. The molecule has 1 unspecified atom stereocenters. The molecule has 4 aromatic rings. The number of piperidine rings is 2. The lowest BCUT2D eigenvalue weighted by Crippen LogP contribution is -2.52. The van der Waals surface area contributed by atoms with Crippen LogP contribution in [-0.2, 0) is 27.1 Å². The van der Waals surface area contributed by atoms with Gasteiger partial charge in [-0.25, -0.2) is 4.98 Å². The van der Waals surface area contributed by atoms with Crippen molar-refractivity contribution >= 4 is 70.6 Å². The average Bonchev–Trinajstić information content (AvgIpc) is 3.52.